The number of pyridine rings is 1. The molecule has 0 saturated heterocycles. The van der Waals surface area contributed by atoms with Crippen molar-refractivity contribution in [2.45, 2.75) is 12.8 Å². The van der Waals surface area contributed by atoms with Crippen LogP contribution in [0.15, 0.2) is 24.4 Å². The lowest BCUT2D eigenvalue weighted by atomic mass is 10.0. The minimum absolute atomic E-state index is 0.567. The Bertz CT molecular complexity index is 584. The number of fused-ring (bicyclic) bond motifs is 3. The Morgan fingerprint density at radius 2 is 2.26 bits per heavy atom. The standard InChI is InChI=1S/C15H18N2O2/c1-18-7-8-19-12-4-5-14-13(9-12)15-11(10-17-14)3-2-6-16-15/h4-5,9-10,16H,2-3,6-8H2,1H3. The van der Waals surface area contributed by atoms with Gasteiger partial charge in [0.15, 0.2) is 0 Å². The number of nitrogens with one attached hydrogen (secondary N) is 1. The number of hydrogen-bond donors (Lipinski definition) is 1. The van der Waals surface area contributed by atoms with Crippen molar-refractivity contribution in [3.8, 4) is 5.75 Å². The zero-order valence-electron chi connectivity index (χ0n) is 11.1. The summed E-state index contributed by atoms with van der Waals surface area (Å²) in [6.45, 7) is 2.19. The summed E-state index contributed by atoms with van der Waals surface area (Å²) in [5.74, 6) is 0.868. The van der Waals surface area contributed by atoms with Gasteiger partial charge in [-0.1, -0.05) is 0 Å². The van der Waals surface area contributed by atoms with Gasteiger partial charge in [0.05, 0.1) is 12.1 Å². The van der Waals surface area contributed by atoms with E-state index in [2.05, 4.69) is 16.4 Å². The van der Waals surface area contributed by atoms with Gasteiger partial charge >= 0.3 is 0 Å². The molecule has 0 amide bonds. The van der Waals surface area contributed by atoms with E-state index >= 15 is 0 Å². The van der Waals surface area contributed by atoms with Gasteiger partial charge in [0.2, 0.25) is 0 Å². The highest BCUT2D eigenvalue weighted by Crippen LogP contribution is 2.31. The number of hydrogen-bond acceptors (Lipinski definition) is 4. The number of aryl methyl sites for hydroxylation is 1. The topological polar surface area (TPSA) is 43.4 Å². The molecule has 0 spiro atoms. The maximum Gasteiger partial charge on any atom is 0.120 e. The first-order valence-corrected chi connectivity index (χ1v) is 6.66. The Labute approximate surface area is 112 Å². The Kier molecular flexibility index (Phi) is 3.51. The molecule has 1 aliphatic heterocycles. The number of anilines is 1. The molecular formula is C15H18N2O2. The quantitative estimate of drug-likeness (QED) is 0.856. The highest BCUT2D eigenvalue weighted by Gasteiger charge is 2.13. The number of aromatic nitrogens is 1. The number of ether oxygens (including phenoxy) is 2. The molecule has 0 atom stereocenters. The maximum absolute atomic E-state index is 5.66. The first-order chi connectivity index (χ1) is 9.38. The van der Waals surface area contributed by atoms with Gasteiger partial charge in [0, 0.05) is 30.9 Å². The van der Waals surface area contributed by atoms with Gasteiger partial charge in [-0.25, -0.2) is 0 Å². The average Bonchev–Trinajstić information content (AvgIpc) is 2.47. The summed E-state index contributed by atoms with van der Waals surface area (Å²) in [6, 6.07) is 6.03. The summed E-state index contributed by atoms with van der Waals surface area (Å²) >= 11 is 0. The summed E-state index contributed by atoms with van der Waals surface area (Å²) in [7, 11) is 1.67. The van der Waals surface area contributed by atoms with E-state index in [0.29, 0.717) is 13.2 Å². The van der Waals surface area contributed by atoms with Crippen LogP contribution in [0, 0.1) is 0 Å². The Morgan fingerprint density at radius 1 is 1.32 bits per heavy atom. The largest absolute Gasteiger partial charge is 0.491 e. The van der Waals surface area contributed by atoms with E-state index in [9.17, 15) is 0 Å². The fourth-order valence-corrected chi connectivity index (χ4v) is 2.44. The normalized spacial score (nSPS) is 13.9. The molecule has 1 aromatic carbocycles. The predicted molar refractivity (Wildman–Crippen MR) is 75.9 cm³/mol. The molecule has 2 heterocycles. The summed E-state index contributed by atoms with van der Waals surface area (Å²) in [5.41, 5.74) is 3.52. The number of nitrogens with zero attached hydrogens (tertiary/aromatic N) is 1. The van der Waals surface area contributed by atoms with E-state index < -0.39 is 0 Å². The van der Waals surface area contributed by atoms with Crippen LogP contribution in [0.4, 0.5) is 5.69 Å². The number of benzene rings is 1. The molecule has 0 radical (unpaired) electrons. The van der Waals surface area contributed by atoms with E-state index in [1.165, 1.54) is 17.7 Å². The van der Waals surface area contributed by atoms with Crippen LogP contribution in [0.3, 0.4) is 0 Å². The summed E-state index contributed by atoms with van der Waals surface area (Å²) in [4.78, 5) is 4.51. The molecule has 1 aliphatic rings. The molecule has 0 bridgehead atoms. The third kappa shape index (κ3) is 2.49. The van der Waals surface area contributed by atoms with Crippen molar-refractivity contribution >= 4 is 16.6 Å². The highest BCUT2D eigenvalue weighted by molar-refractivity contribution is 5.94. The van der Waals surface area contributed by atoms with Crippen LogP contribution in [0.5, 0.6) is 5.75 Å². The number of rotatable bonds is 4. The molecule has 0 aliphatic carbocycles. The van der Waals surface area contributed by atoms with Crippen molar-refractivity contribution in [3.63, 3.8) is 0 Å². The zero-order chi connectivity index (χ0) is 13.1. The van der Waals surface area contributed by atoms with Crippen molar-refractivity contribution in [3.05, 3.63) is 30.0 Å². The summed E-state index contributed by atoms with van der Waals surface area (Å²) in [5, 5.41) is 4.63. The van der Waals surface area contributed by atoms with Crippen LogP contribution < -0.4 is 10.1 Å². The van der Waals surface area contributed by atoms with Crippen molar-refractivity contribution < 1.29 is 9.47 Å². The molecule has 2 aromatic rings. The van der Waals surface area contributed by atoms with E-state index in [1.54, 1.807) is 7.11 Å². The van der Waals surface area contributed by atoms with Gasteiger partial charge in [0.1, 0.15) is 12.4 Å². The van der Waals surface area contributed by atoms with Crippen molar-refractivity contribution in [1.82, 2.24) is 4.98 Å². The SMILES string of the molecule is COCCOc1ccc2ncc3c(c2c1)NCCC3. The molecule has 0 fully saturated rings. The lowest BCUT2D eigenvalue weighted by molar-refractivity contribution is 0.146. The van der Waals surface area contributed by atoms with E-state index in [-0.39, 0.29) is 0 Å². The monoisotopic (exact) mass is 258 g/mol. The van der Waals surface area contributed by atoms with E-state index in [0.717, 1.165) is 29.6 Å². The van der Waals surface area contributed by atoms with Gasteiger partial charge < -0.3 is 14.8 Å². The molecular weight excluding hydrogens is 240 g/mol. The Morgan fingerprint density at radius 3 is 3.16 bits per heavy atom. The molecule has 1 N–H and O–H groups in total. The second-order valence-corrected chi connectivity index (χ2v) is 4.71. The zero-order valence-corrected chi connectivity index (χ0v) is 11.1. The second-order valence-electron chi connectivity index (χ2n) is 4.71. The minimum atomic E-state index is 0.567. The third-order valence-electron chi connectivity index (χ3n) is 3.40. The molecule has 0 unspecified atom stereocenters. The Hall–Kier alpha value is -1.81. The predicted octanol–water partition coefficient (Wildman–Crippen LogP) is 2.62. The van der Waals surface area contributed by atoms with Crippen molar-refractivity contribution in [1.29, 1.82) is 0 Å². The van der Waals surface area contributed by atoms with Crippen LogP contribution >= 0.6 is 0 Å². The molecule has 0 saturated carbocycles. The highest BCUT2D eigenvalue weighted by atomic mass is 16.5. The van der Waals surface area contributed by atoms with E-state index in [1.807, 2.05) is 18.3 Å². The first-order valence-electron chi connectivity index (χ1n) is 6.66. The summed E-state index contributed by atoms with van der Waals surface area (Å²) in [6.07, 6.45) is 4.25. The number of methoxy groups -OCH3 is 1. The average molecular weight is 258 g/mol. The fourth-order valence-electron chi connectivity index (χ4n) is 2.44. The van der Waals surface area contributed by atoms with E-state index in [4.69, 9.17) is 9.47 Å². The van der Waals surface area contributed by atoms with Crippen LogP contribution in [0.2, 0.25) is 0 Å². The van der Waals surface area contributed by atoms with Gasteiger partial charge in [-0.15, -0.1) is 0 Å². The third-order valence-corrected chi connectivity index (χ3v) is 3.40. The van der Waals surface area contributed by atoms with Crippen LogP contribution in [-0.2, 0) is 11.2 Å². The fraction of sp³-hybridized carbons (Fsp3) is 0.400. The molecule has 3 rings (SSSR count). The smallest absolute Gasteiger partial charge is 0.120 e. The van der Waals surface area contributed by atoms with Gasteiger partial charge in [-0.05, 0) is 36.6 Å². The van der Waals surface area contributed by atoms with Crippen molar-refractivity contribution in [2.24, 2.45) is 0 Å². The van der Waals surface area contributed by atoms with Gasteiger partial charge in [-0.3, -0.25) is 4.98 Å². The van der Waals surface area contributed by atoms with Crippen molar-refractivity contribution in [2.75, 3.05) is 32.2 Å². The molecule has 4 nitrogen and oxygen atoms in total. The molecule has 1 aromatic heterocycles. The van der Waals surface area contributed by atoms with Gasteiger partial charge in [0.25, 0.3) is 0 Å². The summed E-state index contributed by atoms with van der Waals surface area (Å²) < 4.78 is 10.7. The maximum atomic E-state index is 5.66. The Balaban J connectivity index is 1.95. The minimum Gasteiger partial charge on any atom is -0.491 e. The molecule has 19 heavy (non-hydrogen) atoms. The van der Waals surface area contributed by atoms with Crippen LogP contribution in [0.25, 0.3) is 10.9 Å². The van der Waals surface area contributed by atoms with Gasteiger partial charge in [-0.2, -0.15) is 0 Å². The lowest BCUT2D eigenvalue weighted by Crippen LogP contribution is -2.12. The van der Waals surface area contributed by atoms with Crippen LogP contribution in [-0.4, -0.2) is 31.9 Å². The molecule has 4 heteroatoms. The van der Waals surface area contributed by atoms with Crippen LogP contribution in [0.1, 0.15) is 12.0 Å². The molecule has 100 valence electrons. The second kappa shape index (κ2) is 5.45. The lowest BCUT2D eigenvalue weighted by Gasteiger charge is -2.19. The first kappa shape index (κ1) is 12.2.